The fourth-order valence-corrected chi connectivity index (χ4v) is 1.33. The monoisotopic (exact) mass is 238 g/mol. The lowest BCUT2D eigenvalue weighted by molar-refractivity contribution is -0.0511. The van der Waals surface area contributed by atoms with E-state index in [1.54, 1.807) is 30.3 Å². The highest BCUT2D eigenvalue weighted by atomic mass is 19.3. The lowest BCUT2D eigenvalue weighted by Crippen LogP contribution is -2.23. The molecule has 0 aliphatic rings. The first-order chi connectivity index (χ1) is 8.18. The molecule has 0 aliphatic heterocycles. The van der Waals surface area contributed by atoms with Gasteiger partial charge in [-0.1, -0.05) is 18.2 Å². The molecule has 0 fully saturated rings. The Labute approximate surface area is 95.1 Å². The number of nitrogens with zero attached hydrogens (tertiary/aromatic N) is 2. The standard InChI is InChI=1S/C11H8F2N2O2/c12-11(13)17-9-6-7-14-15(10(9)16)8-4-2-1-3-5-8/h1-7,11H. The van der Waals surface area contributed by atoms with E-state index in [0.717, 1.165) is 10.7 Å². The van der Waals surface area contributed by atoms with Gasteiger partial charge in [-0.3, -0.25) is 4.79 Å². The lowest BCUT2D eigenvalue weighted by atomic mass is 10.3. The number of ether oxygens (including phenoxy) is 1. The summed E-state index contributed by atoms with van der Waals surface area (Å²) in [6.45, 7) is -3.03. The zero-order valence-electron chi connectivity index (χ0n) is 8.59. The van der Waals surface area contributed by atoms with E-state index in [9.17, 15) is 13.6 Å². The van der Waals surface area contributed by atoms with Gasteiger partial charge in [0.25, 0.3) is 0 Å². The molecular weight excluding hydrogens is 230 g/mol. The Kier molecular flexibility index (Phi) is 3.13. The number of hydrogen-bond donors (Lipinski definition) is 0. The molecule has 1 aromatic carbocycles. The van der Waals surface area contributed by atoms with Gasteiger partial charge in [-0.25, -0.2) is 0 Å². The molecule has 0 bridgehead atoms. The highest BCUT2D eigenvalue weighted by Crippen LogP contribution is 2.08. The van der Waals surface area contributed by atoms with Crippen LogP contribution in [0.25, 0.3) is 5.69 Å². The maximum Gasteiger partial charge on any atom is 0.387 e. The fraction of sp³-hybridized carbons (Fsp3) is 0.0909. The summed E-state index contributed by atoms with van der Waals surface area (Å²) in [5, 5.41) is 3.80. The fourth-order valence-electron chi connectivity index (χ4n) is 1.33. The molecule has 17 heavy (non-hydrogen) atoms. The SMILES string of the molecule is O=c1c(OC(F)F)ccnn1-c1ccccc1. The minimum Gasteiger partial charge on any atom is -0.429 e. The van der Waals surface area contributed by atoms with Crippen molar-refractivity contribution >= 4 is 0 Å². The lowest BCUT2D eigenvalue weighted by Gasteiger charge is -2.07. The highest BCUT2D eigenvalue weighted by molar-refractivity contribution is 5.31. The van der Waals surface area contributed by atoms with Crippen LogP contribution in [0.4, 0.5) is 8.78 Å². The number of hydrogen-bond acceptors (Lipinski definition) is 3. The normalized spacial score (nSPS) is 10.5. The molecule has 0 saturated heterocycles. The van der Waals surface area contributed by atoms with Crippen LogP contribution in [0.2, 0.25) is 0 Å². The third-order valence-corrected chi connectivity index (χ3v) is 2.03. The summed E-state index contributed by atoms with van der Waals surface area (Å²) >= 11 is 0. The molecule has 0 radical (unpaired) electrons. The van der Waals surface area contributed by atoms with Gasteiger partial charge in [0.15, 0.2) is 5.75 Å². The zero-order chi connectivity index (χ0) is 12.3. The molecule has 0 atom stereocenters. The number of para-hydroxylation sites is 1. The molecule has 2 rings (SSSR count). The number of alkyl halides is 2. The second-order valence-corrected chi connectivity index (χ2v) is 3.13. The van der Waals surface area contributed by atoms with Gasteiger partial charge in [-0.05, 0) is 12.1 Å². The van der Waals surface area contributed by atoms with Crippen LogP contribution in [-0.2, 0) is 0 Å². The van der Waals surface area contributed by atoms with E-state index in [-0.39, 0.29) is 0 Å². The van der Waals surface area contributed by atoms with E-state index in [1.165, 1.54) is 6.20 Å². The molecule has 0 unspecified atom stereocenters. The first-order valence-electron chi connectivity index (χ1n) is 4.77. The predicted octanol–water partition coefficient (Wildman–Crippen LogP) is 1.83. The average molecular weight is 238 g/mol. The molecule has 4 nitrogen and oxygen atoms in total. The smallest absolute Gasteiger partial charge is 0.387 e. The quantitative estimate of drug-likeness (QED) is 0.819. The van der Waals surface area contributed by atoms with Crippen molar-refractivity contribution in [3.05, 3.63) is 52.9 Å². The molecule has 0 saturated carbocycles. The molecular formula is C11H8F2N2O2. The topological polar surface area (TPSA) is 44.1 Å². The Morgan fingerprint density at radius 1 is 1.18 bits per heavy atom. The second kappa shape index (κ2) is 4.73. The van der Waals surface area contributed by atoms with Crippen LogP contribution in [0.1, 0.15) is 0 Å². The van der Waals surface area contributed by atoms with Gasteiger partial charge in [0.05, 0.1) is 11.9 Å². The molecule has 0 N–H and O–H groups in total. The molecule has 2 aromatic rings. The second-order valence-electron chi connectivity index (χ2n) is 3.13. The largest absolute Gasteiger partial charge is 0.429 e. The van der Waals surface area contributed by atoms with Gasteiger partial charge >= 0.3 is 12.2 Å². The summed E-state index contributed by atoms with van der Waals surface area (Å²) in [5.41, 5.74) is -0.240. The van der Waals surface area contributed by atoms with Gasteiger partial charge in [-0.2, -0.15) is 18.6 Å². The number of aromatic nitrogens is 2. The predicted molar refractivity (Wildman–Crippen MR) is 56.5 cm³/mol. The molecule has 88 valence electrons. The number of rotatable bonds is 3. The number of benzene rings is 1. The van der Waals surface area contributed by atoms with Crippen molar-refractivity contribution in [2.45, 2.75) is 6.61 Å². The van der Waals surface area contributed by atoms with E-state index in [0.29, 0.717) is 5.69 Å². The summed E-state index contributed by atoms with van der Waals surface area (Å²) in [7, 11) is 0. The highest BCUT2D eigenvalue weighted by Gasteiger charge is 2.11. The van der Waals surface area contributed by atoms with Crippen molar-refractivity contribution in [2.75, 3.05) is 0 Å². The van der Waals surface area contributed by atoms with Gasteiger partial charge in [0, 0.05) is 6.07 Å². The summed E-state index contributed by atoms with van der Waals surface area (Å²) in [6.07, 6.45) is 1.23. The van der Waals surface area contributed by atoms with Crippen LogP contribution in [0.15, 0.2) is 47.4 Å². The van der Waals surface area contributed by atoms with Crippen LogP contribution in [0, 0.1) is 0 Å². The summed E-state index contributed by atoms with van der Waals surface area (Å²) in [6, 6.07) is 9.58. The third-order valence-electron chi connectivity index (χ3n) is 2.03. The first-order valence-corrected chi connectivity index (χ1v) is 4.77. The Morgan fingerprint density at radius 3 is 2.53 bits per heavy atom. The van der Waals surface area contributed by atoms with Crippen LogP contribution < -0.4 is 10.3 Å². The average Bonchev–Trinajstić information content (AvgIpc) is 2.32. The summed E-state index contributed by atoms with van der Waals surface area (Å²) in [5.74, 6) is -0.432. The molecule has 6 heteroatoms. The van der Waals surface area contributed by atoms with E-state index >= 15 is 0 Å². The van der Waals surface area contributed by atoms with Gasteiger partial charge in [0.1, 0.15) is 0 Å². The van der Waals surface area contributed by atoms with E-state index in [4.69, 9.17) is 0 Å². The number of halogens is 2. The minimum atomic E-state index is -3.03. The van der Waals surface area contributed by atoms with Crippen molar-refractivity contribution in [1.82, 2.24) is 9.78 Å². The third kappa shape index (κ3) is 2.47. The van der Waals surface area contributed by atoms with Crippen molar-refractivity contribution < 1.29 is 13.5 Å². The Hall–Kier alpha value is -2.24. The van der Waals surface area contributed by atoms with Crippen LogP contribution >= 0.6 is 0 Å². The van der Waals surface area contributed by atoms with Crippen molar-refractivity contribution in [2.24, 2.45) is 0 Å². The van der Waals surface area contributed by atoms with Gasteiger partial charge in [0.2, 0.25) is 0 Å². The molecule has 1 aromatic heterocycles. The van der Waals surface area contributed by atoms with Crippen LogP contribution in [0.5, 0.6) is 5.75 Å². The van der Waals surface area contributed by atoms with Gasteiger partial charge in [-0.15, -0.1) is 0 Å². The summed E-state index contributed by atoms with van der Waals surface area (Å²) < 4.78 is 29.2. The Morgan fingerprint density at radius 2 is 1.88 bits per heavy atom. The van der Waals surface area contributed by atoms with Crippen LogP contribution in [0.3, 0.4) is 0 Å². The van der Waals surface area contributed by atoms with Crippen molar-refractivity contribution in [1.29, 1.82) is 0 Å². The molecule has 0 amide bonds. The zero-order valence-corrected chi connectivity index (χ0v) is 8.59. The minimum absolute atomic E-state index is 0.432. The van der Waals surface area contributed by atoms with E-state index in [2.05, 4.69) is 9.84 Å². The van der Waals surface area contributed by atoms with Crippen molar-refractivity contribution in [3.8, 4) is 11.4 Å². The maximum absolute atomic E-state index is 12.0. The maximum atomic E-state index is 12.0. The van der Waals surface area contributed by atoms with Gasteiger partial charge < -0.3 is 4.74 Å². The van der Waals surface area contributed by atoms with Crippen molar-refractivity contribution in [3.63, 3.8) is 0 Å². The van der Waals surface area contributed by atoms with Crippen LogP contribution in [-0.4, -0.2) is 16.4 Å². The van der Waals surface area contributed by atoms with E-state index < -0.39 is 17.9 Å². The Bertz CT molecular complexity index is 555. The Balaban J connectivity index is 2.47. The van der Waals surface area contributed by atoms with E-state index in [1.807, 2.05) is 0 Å². The molecule has 0 spiro atoms. The summed E-state index contributed by atoms with van der Waals surface area (Å²) in [4.78, 5) is 11.7. The molecule has 1 heterocycles. The molecule has 0 aliphatic carbocycles. The first kappa shape index (κ1) is 11.3.